The Bertz CT molecular complexity index is 1020. The molecule has 0 spiro atoms. The maximum absolute atomic E-state index is 14.7. The van der Waals surface area contributed by atoms with Crippen LogP contribution in [-0.2, 0) is 0 Å². The van der Waals surface area contributed by atoms with Gasteiger partial charge in [0.05, 0.1) is 21.3 Å². The van der Waals surface area contributed by atoms with Gasteiger partial charge in [0.2, 0.25) is 11.5 Å². The molecule has 0 bridgehead atoms. The van der Waals surface area contributed by atoms with Crippen molar-refractivity contribution in [3.05, 3.63) is 58.0 Å². The van der Waals surface area contributed by atoms with Crippen LogP contribution in [0.4, 0.5) is 4.39 Å². The third-order valence-corrected chi connectivity index (χ3v) is 4.60. The van der Waals surface area contributed by atoms with E-state index in [-0.39, 0.29) is 17.1 Å². The largest absolute Gasteiger partial charge is 0.493 e. The van der Waals surface area contributed by atoms with Crippen LogP contribution in [0.1, 0.15) is 15.9 Å². The third-order valence-electron chi connectivity index (χ3n) is 4.10. The van der Waals surface area contributed by atoms with E-state index in [0.29, 0.717) is 11.3 Å². The first-order valence-corrected chi connectivity index (χ1v) is 8.76. The molecule has 0 fully saturated rings. The molecular formula is C20H17BrFNO4. The van der Waals surface area contributed by atoms with E-state index in [1.807, 2.05) is 18.2 Å². The summed E-state index contributed by atoms with van der Waals surface area (Å²) in [6, 6.07) is 8.42. The average Bonchev–Trinajstić information content (AvgIpc) is 3.07. The van der Waals surface area contributed by atoms with Crippen molar-refractivity contribution in [1.29, 1.82) is 0 Å². The molecule has 0 atom stereocenters. The zero-order valence-corrected chi connectivity index (χ0v) is 16.5. The summed E-state index contributed by atoms with van der Waals surface area (Å²) in [5, 5.41) is 0.811. The van der Waals surface area contributed by atoms with Gasteiger partial charge in [0.25, 0.3) is 0 Å². The number of aromatic amines is 1. The predicted octanol–water partition coefficient (Wildman–Crippen LogP) is 5.15. The summed E-state index contributed by atoms with van der Waals surface area (Å²) in [5.74, 6) is -0.771. The van der Waals surface area contributed by atoms with E-state index in [0.717, 1.165) is 15.4 Å². The maximum atomic E-state index is 14.7. The SMILES string of the molecule is COc1cc(C(=O)/C(F)=C/c2c[nH]c3cc(Br)ccc23)cc(OC)c1OC. The number of carbonyl (C=O) groups excluding carboxylic acids is 1. The Kier molecular flexibility index (Phi) is 5.51. The first-order chi connectivity index (χ1) is 13.0. The molecule has 0 radical (unpaired) electrons. The van der Waals surface area contributed by atoms with Gasteiger partial charge in [-0.3, -0.25) is 4.79 Å². The number of hydrogen-bond donors (Lipinski definition) is 1. The van der Waals surface area contributed by atoms with Gasteiger partial charge in [-0.25, -0.2) is 4.39 Å². The fourth-order valence-corrected chi connectivity index (χ4v) is 3.15. The van der Waals surface area contributed by atoms with Crippen molar-refractivity contribution >= 4 is 38.7 Å². The lowest BCUT2D eigenvalue weighted by Crippen LogP contribution is -2.03. The number of hydrogen-bond acceptors (Lipinski definition) is 4. The van der Waals surface area contributed by atoms with Gasteiger partial charge < -0.3 is 19.2 Å². The molecule has 1 N–H and O–H groups in total. The Hall–Kier alpha value is -2.80. The molecule has 1 heterocycles. The molecule has 7 heteroatoms. The molecular weight excluding hydrogens is 417 g/mol. The molecule has 0 unspecified atom stereocenters. The third kappa shape index (κ3) is 3.68. The van der Waals surface area contributed by atoms with Crippen molar-refractivity contribution in [3.63, 3.8) is 0 Å². The van der Waals surface area contributed by atoms with Crippen LogP contribution in [0.15, 0.2) is 46.8 Å². The van der Waals surface area contributed by atoms with Gasteiger partial charge in [0.1, 0.15) is 0 Å². The summed E-state index contributed by atoms with van der Waals surface area (Å²) in [6.07, 6.45) is 2.86. The van der Waals surface area contributed by atoms with E-state index in [1.54, 1.807) is 6.20 Å². The second kappa shape index (κ2) is 7.84. The minimum atomic E-state index is -0.895. The molecule has 0 saturated heterocycles. The molecule has 0 aliphatic carbocycles. The number of Topliss-reactive ketones (excluding diaryl/α,β-unsaturated/α-hetero) is 1. The Balaban J connectivity index is 2.00. The highest BCUT2D eigenvalue weighted by Crippen LogP contribution is 2.39. The van der Waals surface area contributed by atoms with Crippen molar-refractivity contribution in [1.82, 2.24) is 4.98 Å². The van der Waals surface area contributed by atoms with Crippen molar-refractivity contribution < 1.29 is 23.4 Å². The number of rotatable bonds is 6. The van der Waals surface area contributed by atoms with E-state index in [9.17, 15) is 9.18 Å². The molecule has 0 amide bonds. The van der Waals surface area contributed by atoms with Crippen LogP contribution in [0.3, 0.4) is 0 Å². The number of methoxy groups -OCH3 is 3. The summed E-state index contributed by atoms with van der Waals surface area (Å²) in [5.41, 5.74) is 1.51. The van der Waals surface area contributed by atoms with Crippen LogP contribution < -0.4 is 14.2 Å². The van der Waals surface area contributed by atoms with Crippen LogP contribution >= 0.6 is 15.9 Å². The van der Waals surface area contributed by atoms with Gasteiger partial charge in [0, 0.05) is 32.7 Å². The summed E-state index contributed by atoms with van der Waals surface area (Å²) in [6.45, 7) is 0. The number of nitrogens with one attached hydrogen (secondary N) is 1. The molecule has 140 valence electrons. The fraction of sp³-hybridized carbons (Fsp3) is 0.150. The molecule has 3 aromatic rings. The number of allylic oxidation sites excluding steroid dienone is 1. The summed E-state index contributed by atoms with van der Waals surface area (Å²) < 4.78 is 31.2. The number of fused-ring (bicyclic) bond motifs is 1. The lowest BCUT2D eigenvalue weighted by molar-refractivity contribution is 0.101. The van der Waals surface area contributed by atoms with E-state index in [2.05, 4.69) is 20.9 Å². The topological polar surface area (TPSA) is 60.6 Å². The number of ketones is 1. The Morgan fingerprint density at radius 3 is 2.33 bits per heavy atom. The molecule has 0 saturated carbocycles. The standard InChI is InChI=1S/C20H17BrFNO4/c1-25-17-7-11(8-18(26-2)20(17)27-3)19(24)15(22)6-12-10-23-16-9-13(21)4-5-14(12)16/h4-10,23H,1-3H3/b15-6-. The minimum Gasteiger partial charge on any atom is -0.493 e. The first kappa shape index (κ1) is 19.0. The predicted molar refractivity (Wildman–Crippen MR) is 106 cm³/mol. The van der Waals surface area contributed by atoms with E-state index >= 15 is 0 Å². The monoisotopic (exact) mass is 433 g/mol. The summed E-state index contributed by atoms with van der Waals surface area (Å²) >= 11 is 3.39. The van der Waals surface area contributed by atoms with Crippen LogP contribution in [0.2, 0.25) is 0 Å². The number of aromatic nitrogens is 1. The van der Waals surface area contributed by atoms with Gasteiger partial charge in [-0.15, -0.1) is 0 Å². The molecule has 1 aromatic heterocycles. The summed E-state index contributed by atoms with van der Waals surface area (Å²) in [4.78, 5) is 15.6. The highest BCUT2D eigenvalue weighted by molar-refractivity contribution is 9.10. The zero-order valence-electron chi connectivity index (χ0n) is 14.9. The quantitative estimate of drug-likeness (QED) is 0.431. The van der Waals surface area contributed by atoms with Gasteiger partial charge in [0.15, 0.2) is 17.3 Å². The molecule has 3 rings (SSSR count). The Labute approximate surface area is 163 Å². The van der Waals surface area contributed by atoms with E-state index in [4.69, 9.17) is 14.2 Å². The smallest absolute Gasteiger partial charge is 0.221 e. The van der Waals surface area contributed by atoms with Gasteiger partial charge in [-0.05, 0) is 30.3 Å². The first-order valence-electron chi connectivity index (χ1n) is 7.97. The second-order valence-corrected chi connectivity index (χ2v) is 6.59. The summed E-state index contributed by atoms with van der Waals surface area (Å²) in [7, 11) is 4.32. The van der Waals surface area contributed by atoms with Crippen LogP contribution in [0.5, 0.6) is 17.2 Å². The molecule has 2 aromatic carbocycles. The fourth-order valence-electron chi connectivity index (χ4n) is 2.79. The highest BCUT2D eigenvalue weighted by atomic mass is 79.9. The maximum Gasteiger partial charge on any atom is 0.221 e. The van der Waals surface area contributed by atoms with Crippen molar-refractivity contribution in [2.45, 2.75) is 0 Å². The van der Waals surface area contributed by atoms with Crippen LogP contribution in [-0.4, -0.2) is 32.1 Å². The average molecular weight is 434 g/mol. The zero-order chi connectivity index (χ0) is 19.6. The van der Waals surface area contributed by atoms with Crippen molar-refractivity contribution in [2.75, 3.05) is 21.3 Å². The number of H-pyrrole nitrogens is 1. The Morgan fingerprint density at radius 1 is 1.07 bits per heavy atom. The van der Waals surface area contributed by atoms with Crippen LogP contribution in [0.25, 0.3) is 17.0 Å². The second-order valence-electron chi connectivity index (χ2n) is 5.67. The van der Waals surface area contributed by atoms with Gasteiger partial charge in [-0.2, -0.15) is 0 Å². The lowest BCUT2D eigenvalue weighted by atomic mass is 10.1. The molecule has 5 nitrogen and oxygen atoms in total. The van der Waals surface area contributed by atoms with Gasteiger partial charge >= 0.3 is 0 Å². The normalized spacial score (nSPS) is 11.5. The number of benzene rings is 2. The molecule has 0 aliphatic heterocycles. The number of halogens is 2. The van der Waals surface area contributed by atoms with Crippen molar-refractivity contribution in [2.24, 2.45) is 0 Å². The van der Waals surface area contributed by atoms with E-state index < -0.39 is 11.6 Å². The lowest BCUT2D eigenvalue weighted by Gasteiger charge is -2.13. The number of ether oxygens (including phenoxy) is 3. The molecule has 0 aliphatic rings. The van der Waals surface area contributed by atoms with Gasteiger partial charge in [-0.1, -0.05) is 22.0 Å². The minimum absolute atomic E-state index is 0.0980. The molecule has 27 heavy (non-hydrogen) atoms. The van der Waals surface area contributed by atoms with Crippen molar-refractivity contribution in [3.8, 4) is 17.2 Å². The number of carbonyl (C=O) groups is 1. The van der Waals surface area contributed by atoms with E-state index in [1.165, 1.54) is 39.5 Å². The van der Waals surface area contributed by atoms with Crippen LogP contribution in [0, 0.1) is 0 Å². The highest BCUT2D eigenvalue weighted by Gasteiger charge is 2.20. The Morgan fingerprint density at radius 2 is 1.74 bits per heavy atom.